The van der Waals surface area contributed by atoms with Crippen LogP contribution >= 0.6 is 11.6 Å². The highest BCUT2D eigenvalue weighted by Gasteiger charge is 2.12. The molecule has 3 aromatic carbocycles. The molecule has 1 heterocycles. The maximum absolute atomic E-state index is 9.10. The van der Waals surface area contributed by atoms with Crippen LogP contribution < -0.4 is 5.32 Å². The molecule has 0 bridgehead atoms. The van der Waals surface area contributed by atoms with E-state index in [-0.39, 0.29) is 0 Å². The predicted octanol–water partition coefficient (Wildman–Crippen LogP) is 4.68. The van der Waals surface area contributed by atoms with Gasteiger partial charge in [0.05, 0.1) is 11.4 Å². The highest BCUT2D eigenvalue weighted by Crippen LogP contribution is 2.25. The van der Waals surface area contributed by atoms with Gasteiger partial charge in [-0.2, -0.15) is 5.10 Å². The first kappa shape index (κ1) is 24.7. The summed E-state index contributed by atoms with van der Waals surface area (Å²) in [4.78, 5) is 18.2. The third-order valence-electron chi connectivity index (χ3n) is 4.86. The van der Waals surface area contributed by atoms with E-state index >= 15 is 0 Å². The molecule has 0 saturated heterocycles. The molecule has 0 radical (unpaired) electrons. The summed E-state index contributed by atoms with van der Waals surface area (Å²) < 4.78 is 1.94. The number of carboxylic acids is 2. The number of nitrogens with one attached hydrogen (secondary N) is 1. The lowest BCUT2D eigenvalue weighted by Crippen LogP contribution is -2.16. The summed E-state index contributed by atoms with van der Waals surface area (Å²) in [7, 11) is 0. The molecule has 4 aromatic rings. The molecule has 0 aliphatic rings. The van der Waals surface area contributed by atoms with Crippen molar-refractivity contribution < 1.29 is 19.8 Å². The van der Waals surface area contributed by atoms with Crippen molar-refractivity contribution in [3.05, 3.63) is 107 Å². The fraction of sp³-hybridized carbons (Fsp3) is 0.115. The SMILES string of the molecule is Clc1ccc(-c2nn(-c3ccccc3)cc2CNCCc2ccccc2)cc1.O=C(O)C(=O)O. The zero-order valence-corrected chi connectivity index (χ0v) is 19.0. The van der Waals surface area contributed by atoms with Gasteiger partial charge in [-0.1, -0.05) is 72.3 Å². The number of hydrogen-bond acceptors (Lipinski definition) is 4. The second kappa shape index (κ2) is 12.3. The molecule has 1 aromatic heterocycles. The van der Waals surface area contributed by atoms with Crippen LogP contribution in [0.25, 0.3) is 16.9 Å². The van der Waals surface area contributed by atoms with Crippen LogP contribution in [-0.2, 0) is 22.6 Å². The summed E-state index contributed by atoms with van der Waals surface area (Å²) in [6.07, 6.45) is 3.11. The largest absolute Gasteiger partial charge is 0.473 e. The van der Waals surface area contributed by atoms with Gasteiger partial charge in [0.25, 0.3) is 0 Å². The Hall–Kier alpha value is -3.94. The molecule has 0 saturated carbocycles. The normalized spacial score (nSPS) is 10.3. The second-order valence-electron chi connectivity index (χ2n) is 7.31. The lowest BCUT2D eigenvalue weighted by molar-refractivity contribution is -0.159. The minimum atomic E-state index is -1.82. The lowest BCUT2D eigenvalue weighted by Gasteiger charge is -2.06. The Morgan fingerprint density at radius 2 is 1.44 bits per heavy atom. The Balaban J connectivity index is 0.000000481. The molecule has 0 amide bonds. The van der Waals surface area contributed by atoms with E-state index < -0.39 is 11.9 Å². The molecule has 0 aliphatic carbocycles. The molecule has 0 aliphatic heterocycles. The van der Waals surface area contributed by atoms with Crippen molar-refractivity contribution in [2.45, 2.75) is 13.0 Å². The molecular weight excluding hydrogens is 454 g/mol. The summed E-state index contributed by atoms with van der Waals surface area (Å²) in [5.74, 6) is -3.65. The van der Waals surface area contributed by atoms with Crippen molar-refractivity contribution in [3.63, 3.8) is 0 Å². The van der Waals surface area contributed by atoms with Gasteiger partial charge in [-0.3, -0.25) is 0 Å². The van der Waals surface area contributed by atoms with E-state index in [1.807, 2.05) is 53.2 Å². The van der Waals surface area contributed by atoms with Gasteiger partial charge < -0.3 is 15.5 Å². The summed E-state index contributed by atoms with van der Waals surface area (Å²) >= 11 is 6.06. The third-order valence-corrected chi connectivity index (χ3v) is 5.11. The van der Waals surface area contributed by atoms with Gasteiger partial charge in [0.1, 0.15) is 0 Å². The molecule has 7 nitrogen and oxygen atoms in total. The summed E-state index contributed by atoms with van der Waals surface area (Å²) in [5.41, 5.74) is 5.60. The van der Waals surface area contributed by atoms with E-state index in [2.05, 4.69) is 47.9 Å². The molecule has 0 atom stereocenters. The standard InChI is InChI=1S/C24H22ClN3.C2H2O4/c25-22-13-11-20(12-14-22)24-21(17-26-16-15-19-7-3-1-4-8-19)18-28(27-24)23-9-5-2-6-10-23;3-1(4)2(5)6/h1-14,18,26H,15-17H2;(H,3,4)(H,5,6). The van der Waals surface area contributed by atoms with Gasteiger partial charge in [-0.15, -0.1) is 0 Å². The molecule has 0 spiro atoms. The fourth-order valence-electron chi connectivity index (χ4n) is 3.20. The number of carbonyl (C=O) groups is 2. The number of carboxylic acid groups (broad SMARTS) is 2. The first-order valence-electron chi connectivity index (χ1n) is 10.5. The van der Waals surface area contributed by atoms with Crippen molar-refractivity contribution >= 4 is 23.5 Å². The Kier molecular flexibility index (Phi) is 8.96. The zero-order valence-electron chi connectivity index (χ0n) is 18.3. The second-order valence-corrected chi connectivity index (χ2v) is 7.75. The Labute approximate surface area is 202 Å². The van der Waals surface area contributed by atoms with Crippen LogP contribution in [0.2, 0.25) is 5.02 Å². The quantitative estimate of drug-likeness (QED) is 0.264. The Bertz CT molecular complexity index is 1200. The van der Waals surface area contributed by atoms with Gasteiger partial charge in [0.15, 0.2) is 0 Å². The maximum atomic E-state index is 9.10. The van der Waals surface area contributed by atoms with Crippen molar-refractivity contribution in [1.29, 1.82) is 0 Å². The maximum Gasteiger partial charge on any atom is 0.414 e. The highest BCUT2D eigenvalue weighted by atomic mass is 35.5. The number of hydrogen-bond donors (Lipinski definition) is 3. The molecule has 34 heavy (non-hydrogen) atoms. The van der Waals surface area contributed by atoms with Crippen LogP contribution in [0.5, 0.6) is 0 Å². The predicted molar refractivity (Wildman–Crippen MR) is 131 cm³/mol. The van der Waals surface area contributed by atoms with Gasteiger partial charge in [0, 0.05) is 28.9 Å². The smallest absolute Gasteiger partial charge is 0.414 e. The Morgan fingerprint density at radius 3 is 2.03 bits per heavy atom. The number of benzene rings is 3. The number of aromatic nitrogens is 2. The first-order chi connectivity index (χ1) is 16.4. The Morgan fingerprint density at radius 1 is 0.853 bits per heavy atom. The number of aliphatic carboxylic acids is 2. The number of para-hydroxylation sites is 1. The zero-order chi connectivity index (χ0) is 24.3. The van der Waals surface area contributed by atoms with E-state index in [1.165, 1.54) is 11.1 Å². The number of nitrogens with zero attached hydrogens (tertiary/aromatic N) is 2. The molecule has 0 unspecified atom stereocenters. The monoisotopic (exact) mass is 477 g/mol. The van der Waals surface area contributed by atoms with Crippen LogP contribution in [0.1, 0.15) is 11.1 Å². The van der Waals surface area contributed by atoms with Gasteiger partial charge in [-0.05, 0) is 42.8 Å². The summed E-state index contributed by atoms with van der Waals surface area (Å²) in [6, 6.07) is 28.6. The van der Waals surface area contributed by atoms with Gasteiger partial charge >= 0.3 is 11.9 Å². The van der Waals surface area contributed by atoms with Crippen molar-refractivity contribution in [1.82, 2.24) is 15.1 Å². The molecular formula is C26H24ClN3O4. The number of rotatable bonds is 7. The van der Waals surface area contributed by atoms with Crippen LogP contribution in [-0.4, -0.2) is 38.5 Å². The first-order valence-corrected chi connectivity index (χ1v) is 10.9. The molecule has 0 fully saturated rings. The number of halogens is 1. The fourth-order valence-corrected chi connectivity index (χ4v) is 3.33. The van der Waals surface area contributed by atoms with E-state index in [0.29, 0.717) is 0 Å². The molecule has 8 heteroatoms. The van der Waals surface area contributed by atoms with Crippen molar-refractivity contribution in [2.75, 3.05) is 6.54 Å². The van der Waals surface area contributed by atoms with E-state index in [9.17, 15) is 0 Å². The van der Waals surface area contributed by atoms with E-state index in [0.717, 1.165) is 41.5 Å². The molecule has 174 valence electrons. The summed E-state index contributed by atoms with van der Waals surface area (Å²) in [6.45, 7) is 1.68. The van der Waals surface area contributed by atoms with Crippen LogP contribution in [0.15, 0.2) is 91.1 Å². The van der Waals surface area contributed by atoms with Crippen LogP contribution in [0, 0.1) is 0 Å². The van der Waals surface area contributed by atoms with Crippen molar-refractivity contribution in [2.24, 2.45) is 0 Å². The summed E-state index contributed by atoms with van der Waals surface area (Å²) in [5, 5.41) is 23.9. The minimum Gasteiger partial charge on any atom is -0.473 e. The lowest BCUT2D eigenvalue weighted by atomic mass is 10.1. The molecule has 3 N–H and O–H groups in total. The minimum absolute atomic E-state index is 0.730. The van der Waals surface area contributed by atoms with Crippen LogP contribution in [0.4, 0.5) is 0 Å². The van der Waals surface area contributed by atoms with E-state index in [4.69, 9.17) is 36.5 Å². The molecule has 4 rings (SSSR count). The van der Waals surface area contributed by atoms with Gasteiger partial charge in [0.2, 0.25) is 0 Å². The average Bonchev–Trinajstić information content (AvgIpc) is 3.28. The van der Waals surface area contributed by atoms with Crippen LogP contribution in [0.3, 0.4) is 0 Å². The van der Waals surface area contributed by atoms with Gasteiger partial charge in [-0.25, -0.2) is 14.3 Å². The van der Waals surface area contributed by atoms with Crippen molar-refractivity contribution in [3.8, 4) is 16.9 Å². The highest BCUT2D eigenvalue weighted by molar-refractivity contribution is 6.30. The van der Waals surface area contributed by atoms with E-state index in [1.54, 1.807) is 0 Å². The average molecular weight is 478 g/mol. The third kappa shape index (κ3) is 7.30. The topological polar surface area (TPSA) is 104 Å².